The van der Waals surface area contributed by atoms with Crippen LogP contribution in [0.25, 0.3) is 0 Å². The lowest BCUT2D eigenvalue weighted by Crippen LogP contribution is -2.13. The van der Waals surface area contributed by atoms with Crippen molar-refractivity contribution in [2.75, 3.05) is 6.61 Å². The van der Waals surface area contributed by atoms with Crippen LogP contribution in [0.2, 0.25) is 5.02 Å². The molecule has 0 spiro atoms. The molecule has 7 nitrogen and oxygen atoms in total. The average Bonchev–Trinajstić information content (AvgIpc) is 3.04. The fourth-order valence-corrected chi connectivity index (χ4v) is 2.72. The van der Waals surface area contributed by atoms with Gasteiger partial charge in [-0.15, -0.1) is 5.10 Å². The molecule has 0 saturated carbocycles. The van der Waals surface area contributed by atoms with Gasteiger partial charge in [0.1, 0.15) is 5.75 Å². The molecule has 0 unspecified atom stereocenters. The van der Waals surface area contributed by atoms with E-state index in [1.165, 1.54) is 4.68 Å². The minimum atomic E-state index is -1.14. The molecule has 0 radical (unpaired) electrons. The van der Waals surface area contributed by atoms with E-state index < -0.39 is 5.97 Å². The van der Waals surface area contributed by atoms with Crippen LogP contribution >= 0.6 is 11.6 Å². The van der Waals surface area contributed by atoms with Crippen molar-refractivity contribution in [3.05, 3.63) is 39.7 Å². The summed E-state index contributed by atoms with van der Waals surface area (Å²) in [5, 5.41) is 17.2. The normalized spacial score (nSPS) is 13.0. The number of nitrogens with zero attached hydrogens (tertiary/aromatic N) is 3. The number of hydrogen-bond donors (Lipinski definition) is 2. The Labute approximate surface area is 125 Å². The van der Waals surface area contributed by atoms with E-state index in [-0.39, 0.29) is 12.2 Å². The van der Waals surface area contributed by atoms with E-state index in [0.29, 0.717) is 23.9 Å². The zero-order valence-corrected chi connectivity index (χ0v) is 11.8. The summed E-state index contributed by atoms with van der Waals surface area (Å²) in [5.41, 5.74) is 7.74. The molecule has 21 heavy (non-hydrogen) atoms. The number of fused-ring (bicyclic) bond motifs is 1. The Morgan fingerprint density at radius 1 is 1.52 bits per heavy atom. The maximum Gasteiger partial charge on any atom is 0.358 e. The molecule has 0 bridgehead atoms. The van der Waals surface area contributed by atoms with Crippen LogP contribution in [0.15, 0.2) is 12.1 Å². The minimum Gasteiger partial charge on any atom is -0.493 e. The molecule has 1 aliphatic heterocycles. The first-order chi connectivity index (χ1) is 10.1. The van der Waals surface area contributed by atoms with Crippen LogP contribution in [0.5, 0.6) is 5.75 Å². The highest BCUT2D eigenvalue weighted by Crippen LogP contribution is 2.33. The van der Waals surface area contributed by atoms with E-state index in [4.69, 9.17) is 27.2 Å². The second kappa shape index (κ2) is 5.34. The minimum absolute atomic E-state index is 0.0399. The van der Waals surface area contributed by atoms with Gasteiger partial charge in [0.25, 0.3) is 0 Å². The number of carboxylic acids is 1. The summed E-state index contributed by atoms with van der Waals surface area (Å²) in [6, 6.07) is 3.66. The van der Waals surface area contributed by atoms with Crippen LogP contribution in [0.3, 0.4) is 0 Å². The lowest BCUT2D eigenvalue weighted by Gasteiger charge is -2.10. The third-order valence-electron chi connectivity index (χ3n) is 3.38. The third-order valence-corrected chi connectivity index (χ3v) is 3.60. The largest absolute Gasteiger partial charge is 0.493 e. The van der Waals surface area contributed by atoms with E-state index in [1.54, 1.807) is 6.07 Å². The lowest BCUT2D eigenvalue weighted by atomic mass is 10.1. The van der Waals surface area contributed by atoms with Gasteiger partial charge in [0, 0.05) is 23.6 Å². The number of carbonyl (C=O) groups is 1. The van der Waals surface area contributed by atoms with Crippen molar-refractivity contribution in [3.63, 3.8) is 0 Å². The number of rotatable bonds is 4. The standard InChI is InChI=1S/C13H13ClN4O3/c14-9-3-7-1-2-21-12(7)8(4-9)6-18-10(5-15)11(13(19)20)16-17-18/h3-4H,1-2,5-6,15H2,(H,19,20). The quantitative estimate of drug-likeness (QED) is 0.875. The van der Waals surface area contributed by atoms with Gasteiger partial charge >= 0.3 is 5.97 Å². The third kappa shape index (κ3) is 2.45. The predicted octanol–water partition coefficient (Wildman–Crippen LogP) is 1.07. The Bertz CT molecular complexity index is 714. The van der Waals surface area contributed by atoms with Crippen molar-refractivity contribution in [1.82, 2.24) is 15.0 Å². The Kier molecular flexibility index (Phi) is 3.52. The maximum atomic E-state index is 11.1. The summed E-state index contributed by atoms with van der Waals surface area (Å²) in [6.07, 6.45) is 0.810. The summed E-state index contributed by atoms with van der Waals surface area (Å²) in [5.74, 6) is -0.357. The molecule has 0 fully saturated rings. The SMILES string of the molecule is NCc1c(C(=O)O)nnn1Cc1cc(Cl)cc2c1OCC2. The first-order valence-corrected chi connectivity index (χ1v) is 6.77. The molecule has 8 heteroatoms. The Morgan fingerprint density at radius 2 is 2.33 bits per heavy atom. The highest BCUT2D eigenvalue weighted by Gasteiger charge is 2.21. The van der Waals surface area contributed by atoms with Crippen molar-refractivity contribution < 1.29 is 14.6 Å². The van der Waals surface area contributed by atoms with Gasteiger partial charge < -0.3 is 15.6 Å². The fourth-order valence-electron chi connectivity index (χ4n) is 2.45. The molecule has 3 rings (SSSR count). The van der Waals surface area contributed by atoms with Crippen LogP contribution in [-0.4, -0.2) is 32.7 Å². The maximum absolute atomic E-state index is 11.1. The van der Waals surface area contributed by atoms with Crippen LogP contribution in [0.4, 0.5) is 0 Å². The van der Waals surface area contributed by atoms with Crippen molar-refractivity contribution >= 4 is 17.6 Å². The van der Waals surface area contributed by atoms with Crippen LogP contribution in [-0.2, 0) is 19.5 Å². The van der Waals surface area contributed by atoms with E-state index in [1.807, 2.05) is 6.07 Å². The van der Waals surface area contributed by atoms with Gasteiger partial charge in [-0.05, 0) is 17.7 Å². The number of hydrogen-bond acceptors (Lipinski definition) is 5. The molecular weight excluding hydrogens is 296 g/mol. The highest BCUT2D eigenvalue weighted by molar-refractivity contribution is 6.30. The predicted molar refractivity (Wildman–Crippen MR) is 74.6 cm³/mol. The summed E-state index contributed by atoms with van der Waals surface area (Å²) >= 11 is 6.10. The van der Waals surface area contributed by atoms with Crippen molar-refractivity contribution in [3.8, 4) is 5.75 Å². The van der Waals surface area contributed by atoms with E-state index in [9.17, 15) is 4.79 Å². The smallest absolute Gasteiger partial charge is 0.358 e. The van der Waals surface area contributed by atoms with Crippen molar-refractivity contribution in [2.45, 2.75) is 19.5 Å². The molecule has 0 aliphatic carbocycles. The van der Waals surface area contributed by atoms with Gasteiger partial charge in [-0.1, -0.05) is 16.8 Å². The van der Waals surface area contributed by atoms with Gasteiger partial charge in [-0.25, -0.2) is 9.48 Å². The van der Waals surface area contributed by atoms with Crippen LogP contribution in [0.1, 0.15) is 27.3 Å². The monoisotopic (exact) mass is 308 g/mol. The molecule has 1 aliphatic rings. The zero-order valence-electron chi connectivity index (χ0n) is 11.0. The zero-order chi connectivity index (χ0) is 15.0. The number of aromatic carboxylic acids is 1. The number of benzene rings is 1. The van der Waals surface area contributed by atoms with Gasteiger partial charge in [0.05, 0.1) is 18.8 Å². The molecule has 2 heterocycles. The fraction of sp³-hybridized carbons (Fsp3) is 0.308. The van der Waals surface area contributed by atoms with Crippen LogP contribution < -0.4 is 10.5 Å². The number of halogens is 1. The topological polar surface area (TPSA) is 103 Å². The summed E-state index contributed by atoms with van der Waals surface area (Å²) < 4.78 is 7.09. The Balaban J connectivity index is 2.00. The van der Waals surface area contributed by atoms with E-state index in [0.717, 1.165) is 23.3 Å². The summed E-state index contributed by atoms with van der Waals surface area (Å²) in [7, 11) is 0. The number of nitrogens with two attached hydrogens (primary N) is 1. The average molecular weight is 309 g/mol. The molecule has 2 aromatic rings. The lowest BCUT2D eigenvalue weighted by molar-refractivity contribution is 0.0689. The molecule has 0 amide bonds. The number of carboxylic acid groups (broad SMARTS) is 1. The molecule has 0 saturated heterocycles. The Morgan fingerprint density at radius 3 is 3.05 bits per heavy atom. The van der Waals surface area contributed by atoms with Crippen LogP contribution in [0, 0.1) is 0 Å². The van der Waals surface area contributed by atoms with E-state index >= 15 is 0 Å². The molecule has 3 N–H and O–H groups in total. The Hall–Kier alpha value is -2.12. The number of ether oxygens (including phenoxy) is 1. The first kappa shape index (κ1) is 13.8. The first-order valence-electron chi connectivity index (χ1n) is 6.40. The molecule has 110 valence electrons. The van der Waals surface area contributed by atoms with Gasteiger partial charge in [0.2, 0.25) is 0 Å². The summed E-state index contributed by atoms with van der Waals surface area (Å²) in [4.78, 5) is 11.1. The second-order valence-corrected chi connectivity index (χ2v) is 5.14. The van der Waals surface area contributed by atoms with Crippen molar-refractivity contribution in [2.24, 2.45) is 5.73 Å². The van der Waals surface area contributed by atoms with Gasteiger partial charge in [-0.2, -0.15) is 0 Å². The molecular formula is C13H13ClN4O3. The van der Waals surface area contributed by atoms with Crippen molar-refractivity contribution in [1.29, 1.82) is 0 Å². The van der Waals surface area contributed by atoms with E-state index in [2.05, 4.69) is 10.3 Å². The molecule has 0 atom stereocenters. The van der Waals surface area contributed by atoms with Gasteiger partial charge in [0.15, 0.2) is 5.69 Å². The summed E-state index contributed by atoms with van der Waals surface area (Å²) in [6.45, 7) is 0.970. The highest BCUT2D eigenvalue weighted by atomic mass is 35.5. The molecule has 1 aromatic heterocycles. The molecule has 1 aromatic carbocycles. The number of aromatic nitrogens is 3. The second-order valence-electron chi connectivity index (χ2n) is 4.70. The van der Waals surface area contributed by atoms with Gasteiger partial charge in [-0.3, -0.25) is 0 Å².